The Morgan fingerprint density at radius 2 is 1.71 bits per heavy atom. The Bertz CT molecular complexity index is 606. The molecule has 0 spiro atoms. The molecule has 2 aromatic rings. The minimum atomic E-state index is -1.01. The van der Waals surface area contributed by atoms with Gasteiger partial charge in [0.2, 0.25) is 0 Å². The van der Waals surface area contributed by atoms with Gasteiger partial charge in [0.25, 0.3) is 0 Å². The first-order valence-electron chi connectivity index (χ1n) is 6.65. The van der Waals surface area contributed by atoms with Gasteiger partial charge in [-0.25, -0.2) is 0 Å². The highest BCUT2D eigenvalue weighted by atomic mass is 35.5. The molecular formula is C17H19ClO3. The largest absolute Gasteiger partial charge is 0.497 e. The van der Waals surface area contributed by atoms with Crippen molar-refractivity contribution in [2.45, 2.75) is 18.9 Å². The standard InChI is InChI=1S/C17H19ClO3/c1-17(19,11-12-4-7-14(20-2)8-5-12)13-6-9-15(18)16(10-13)21-3/h4-10,19H,11H2,1-3H3. The number of rotatable bonds is 5. The Morgan fingerprint density at radius 3 is 2.29 bits per heavy atom. The summed E-state index contributed by atoms with van der Waals surface area (Å²) >= 11 is 6.02. The van der Waals surface area contributed by atoms with Crippen LogP contribution in [0.5, 0.6) is 11.5 Å². The summed E-state index contributed by atoms with van der Waals surface area (Å²) in [4.78, 5) is 0. The predicted octanol–water partition coefficient (Wildman–Crippen LogP) is 3.81. The van der Waals surface area contributed by atoms with Crippen LogP contribution in [0.15, 0.2) is 42.5 Å². The second-order valence-corrected chi connectivity index (χ2v) is 5.56. The van der Waals surface area contributed by atoms with Crippen molar-refractivity contribution in [3.05, 3.63) is 58.6 Å². The van der Waals surface area contributed by atoms with Crippen LogP contribution in [0, 0.1) is 0 Å². The smallest absolute Gasteiger partial charge is 0.137 e. The monoisotopic (exact) mass is 306 g/mol. The molecule has 0 radical (unpaired) electrons. The average Bonchev–Trinajstić information content (AvgIpc) is 2.48. The van der Waals surface area contributed by atoms with Gasteiger partial charge in [-0.3, -0.25) is 0 Å². The van der Waals surface area contributed by atoms with Crippen LogP contribution in [0.4, 0.5) is 0 Å². The molecule has 21 heavy (non-hydrogen) atoms. The van der Waals surface area contributed by atoms with E-state index < -0.39 is 5.60 Å². The summed E-state index contributed by atoms with van der Waals surface area (Å²) in [6.45, 7) is 1.78. The summed E-state index contributed by atoms with van der Waals surface area (Å²) < 4.78 is 10.3. The third-order valence-corrected chi connectivity index (χ3v) is 3.79. The molecule has 0 saturated carbocycles. The van der Waals surface area contributed by atoms with E-state index in [0.717, 1.165) is 16.9 Å². The molecule has 2 aromatic carbocycles. The van der Waals surface area contributed by atoms with E-state index in [-0.39, 0.29) is 0 Å². The second kappa shape index (κ2) is 6.37. The van der Waals surface area contributed by atoms with E-state index in [1.807, 2.05) is 30.3 Å². The van der Waals surface area contributed by atoms with Crippen molar-refractivity contribution in [3.63, 3.8) is 0 Å². The maximum Gasteiger partial charge on any atom is 0.137 e. The van der Waals surface area contributed by atoms with E-state index in [1.165, 1.54) is 0 Å². The number of benzene rings is 2. The van der Waals surface area contributed by atoms with Crippen molar-refractivity contribution in [1.82, 2.24) is 0 Å². The van der Waals surface area contributed by atoms with Gasteiger partial charge in [0.15, 0.2) is 0 Å². The maximum atomic E-state index is 10.7. The molecular weight excluding hydrogens is 288 g/mol. The molecule has 3 nitrogen and oxygen atoms in total. The Balaban J connectivity index is 2.24. The normalized spacial score (nSPS) is 13.6. The molecule has 1 N–H and O–H groups in total. The zero-order valence-electron chi connectivity index (χ0n) is 12.4. The summed E-state index contributed by atoms with van der Waals surface area (Å²) in [6, 6.07) is 13.0. The lowest BCUT2D eigenvalue weighted by atomic mass is 9.89. The predicted molar refractivity (Wildman–Crippen MR) is 84.3 cm³/mol. The van der Waals surface area contributed by atoms with Gasteiger partial charge in [0.1, 0.15) is 11.5 Å². The molecule has 112 valence electrons. The van der Waals surface area contributed by atoms with Crippen molar-refractivity contribution in [1.29, 1.82) is 0 Å². The molecule has 4 heteroatoms. The zero-order valence-corrected chi connectivity index (χ0v) is 13.1. The van der Waals surface area contributed by atoms with Crippen LogP contribution >= 0.6 is 11.6 Å². The topological polar surface area (TPSA) is 38.7 Å². The van der Waals surface area contributed by atoms with Gasteiger partial charge in [0.05, 0.1) is 24.8 Å². The van der Waals surface area contributed by atoms with Gasteiger partial charge in [-0.05, 0) is 42.3 Å². The molecule has 0 saturated heterocycles. The molecule has 0 amide bonds. The lowest BCUT2D eigenvalue weighted by molar-refractivity contribution is 0.0574. The summed E-state index contributed by atoms with van der Waals surface area (Å²) in [5.74, 6) is 1.36. The first-order valence-corrected chi connectivity index (χ1v) is 7.03. The molecule has 0 aliphatic rings. The fourth-order valence-electron chi connectivity index (χ4n) is 2.24. The molecule has 0 aliphatic heterocycles. The van der Waals surface area contributed by atoms with Crippen molar-refractivity contribution in [2.75, 3.05) is 14.2 Å². The highest BCUT2D eigenvalue weighted by Gasteiger charge is 2.24. The Kier molecular flexibility index (Phi) is 4.76. The molecule has 0 aliphatic carbocycles. The quantitative estimate of drug-likeness (QED) is 0.913. The van der Waals surface area contributed by atoms with E-state index in [4.69, 9.17) is 21.1 Å². The summed E-state index contributed by atoms with van der Waals surface area (Å²) in [7, 11) is 3.19. The van der Waals surface area contributed by atoms with E-state index in [0.29, 0.717) is 17.2 Å². The van der Waals surface area contributed by atoms with Crippen molar-refractivity contribution in [3.8, 4) is 11.5 Å². The zero-order chi connectivity index (χ0) is 15.5. The Hall–Kier alpha value is -1.71. The number of hydrogen-bond acceptors (Lipinski definition) is 3. The minimum Gasteiger partial charge on any atom is -0.497 e. The van der Waals surface area contributed by atoms with Gasteiger partial charge in [-0.2, -0.15) is 0 Å². The third-order valence-electron chi connectivity index (χ3n) is 3.48. The fourth-order valence-corrected chi connectivity index (χ4v) is 2.43. The SMILES string of the molecule is COc1ccc(CC(C)(O)c2ccc(Cl)c(OC)c2)cc1. The van der Waals surface area contributed by atoms with Crippen LogP contribution in [-0.2, 0) is 12.0 Å². The molecule has 1 unspecified atom stereocenters. The van der Waals surface area contributed by atoms with E-state index in [1.54, 1.807) is 33.3 Å². The summed E-state index contributed by atoms with van der Waals surface area (Å²) in [5.41, 5.74) is 0.779. The molecule has 2 rings (SSSR count). The number of ether oxygens (including phenoxy) is 2. The van der Waals surface area contributed by atoms with Gasteiger partial charge in [0, 0.05) is 6.42 Å². The van der Waals surface area contributed by atoms with Crippen molar-refractivity contribution < 1.29 is 14.6 Å². The lowest BCUT2D eigenvalue weighted by Crippen LogP contribution is -2.24. The summed E-state index contributed by atoms with van der Waals surface area (Å²) in [6.07, 6.45) is 0.488. The van der Waals surface area contributed by atoms with Gasteiger partial charge >= 0.3 is 0 Å². The van der Waals surface area contributed by atoms with Gasteiger partial charge < -0.3 is 14.6 Å². The highest BCUT2D eigenvalue weighted by molar-refractivity contribution is 6.32. The Labute approximate surface area is 130 Å². The maximum absolute atomic E-state index is 10.7. The lowest BCUT2D eigenvalue weighted by Gasteiger charge is -2.25. The number of hydrogen-bond donors (Lipinski definition) is 1. The molecule has 0 fully saturated rings. The van der Waals surface area contributed by atoms with Crippen LogP contribution in [0.3, 0.4) is 0 Å². The number of aliphatic hydroxyl groups is 1. The van der Waals surface area contributed by atoms with Crippen LogP contribution < -0.4 is 9.47 Å². The van der Waals surface area contributed by atoms with E-state index in [9.17, 15) is 5.11 Å². The minimum absolute atomic E-state index is 0.488. The molecule has 0 bridgehead atoms. The first-order chi connectivity index (χ1) is 9.96. The third kappa shape index (κ3) is 3.69. The van der Waals surface area contributed by atoms with E-state index >= 15 is 0 Å². The molecule has 0 heterocycles. The first kappa shape index (κ1) is 15.7. The van der Waals surface area contributed by atoms with Gasteiger partial charge in [-0.1, -0.05) is 29.8 Å². The van der Waals surface area contributed by atoms with Crippen LogP contribution in [-0.4, -0.2) is 19.3 Å². The second-order valence-electron chi connectivity index (χ2n) is 5.15. The van der Waals surface area contributed by atoms with Crippen LogP contribution in [0.2, 0.25) is 5.02 Å². The van der Waals surface area contributed by atoms with Gasteiger partial charge in [-0.15, -0.1) is 0 Å². The average molecular weight is 307 g/mol. The summed E-state index contributed by atoms with van der Waals surface area (Å²) in [5, 5.41) is 11.3. The fraction of sp³-hybridized carbons (Fsp3) is 0.294. The Morgan fingerprint density at radius 1 is 1.05 bits per heavy atom. The van der Waals surface area contributed by atoms with Crippen molar-refractivity contribution in [2.24, 2.45) is 0 Å². The highest BCUT2D eigenvalue weighted by Crippen LogP contribution is 2.32. The number of methoxy groups -OCH3 is 2. The van der Waals surface area contributed by atoms with Crippen molar-refractivity contribution >= 4 is 11.6 Å². The van der Waals surface area contributed by atoms with Crippen LogP contribution in [0.1, 0.15) is 18.1 Å². The molecule has 0 aromatic heterocycles. The van der Waals surface area contributed by atoms with Crippen LogP contribution in [0.25, 0.3) is 0 Å². The van der Waals surface area contributed by atoms with E-state index in [2.05, 4.69) is 0 Å². The molecule has 1 atom stereocenters. The number of halogens is 1.